The fourth-order valence-corrected chi connectivity index (χ4v) is 2.18. The van der Waals surface area contributed by atoms with Crippen molar-refractivity contribution in [3.63, 3.8) is 0 Å². The van der Waals surface area contributed by atoms with E-state index in [1.807, 2.05) is 25.1 Å². The van der Waals surface area contributed by atoms with E-state index in [0.717, 1.165) is 11.3 Å². The Kier molecular flexibility index (Phi) is 5.15. The predicted molar refractivity (Wildman–Crippen MR) is 86.1 cm³/mol. The van der Waals surface area contributed by atoms with Crippen molar-refractivity contribution in [2.24, 2.45) is 0 Å². The van der Waals surface area contributed by atoms with E-state index >= 15 is 0 Å². The van der Waals surface area contributed by atoms with Crippen LogP contribution >= 0.6 is 0 Å². The maximum atomic E-state index is 12.4. The highest BCUT2D eigenvalue weighted by Crippen LogP contribution is 2.22. The standard InChI is InChI=1S/C17H17N3O3/c1-3-23-14-7-4-12(5-8-14)15-9-6-13(10-18)17(22)20(15)11-16(21)19-2/h4-9H,3,11H2,1-2H3,(H,19,21). The molecule has 0 atom stereocenters. The van der Waals surface area contributed by atoms with Crippen molar-refractivity contribution in [3.8, 4) is 23.1 Å². The third-order valence-electron chi connectivity index (χ3n) is 3.34. The number of hydrogen-bond acceptors (Lipinski definition) is 4. The second-order valence-corrected chi connectivity index (χ2v) is 4.77. The van der Waals surface area contributed by atoms with Crippen LogP contribution in [0.2, 0.25) is 0 Å². The van der Waals surface area contributed by atoms with Crippen LogP contribution in [-0.2, 0) is 11.3 Å². The molecule has 1 N–H and O–H groups in total. The molecular formula is C17H17N3O3. The topological polar surface area (TPSA) is 84.1 Å². The highest BCUT2D eigenvalue weighted by molar-refractivity contribution is 5.76. The number of carbonyl (C=O) groups excluding carboxylic acids is 1. The van der Waals surface area contributed by atoms with Crippen molar-refractivity contribution in [2.45, 2.75) is 13.5 Å². The Balaban J connectivity index is 2.52. The second kappa shape index (κ2) is 7.27. The number of nitrogens with one attached hydrogen (secondary N) is 1. The summed E-state index contributed by atoms with van der Waals surface area (Å²) in [6.07, 6.45) is 0. The summed E-state index contributed by atoms with van der Waals surface area (Å²) in [5, 5.41) is 11.5. The zero-order chi connectivity index (χ0) is 16.8. The molecule has 1 heterocycles. The van der Waals surface area contributed by atoms with Gasteiger partial charge in [0.25, 0.3) is 5.56 Å². The van der Waals surface area contributed by atoms with Crippen molar-refractivity contribution < 1.29 is 9.53 Å². The summed E-state index contributed by atoms with van der Waals surface area (Å²) in [6.45, 7) is 2.32. The Morgan fingerprint density at radius 1 is 1.26 bits per heavy atom. The van der Waals surface area contributed by atoms with Gasteiger partial charge < -0.3 is 10.1 Å². The smallest absolute Gasteiger partial charge is 0.269 e. The first-order chi connectivity index (χ1) is 11.1. The minimum atomic E-state index is -0.484. The lowest BCUT2D eigenvalue weighted by Gasteiger charge is -2.13. The van der Waals surface area contributed by atoms with Gasteiger partial charge in [-0.15, -0.1) is 0 Å². The van der Waals surface area contributed by atoms with Crippen LogP contribution in [0.5, 0.6) is 5.75 Å². The van der Waals surface area contributed by atoms with Gasteiger partial charge in [0.05, 0.1) is 12.3 Å². The Morgan fingerprint density at radius 2 is 1.96 bits per heavy atom. The van der Waals surface area contributed by atoms with E-state index in [9.17, 15) is 9.59 Å². The number of hydrogen-bond donors (Lipinski definition) is 1. The largest absolute Gasteiger partial charge is 0.494 e. The number of likely N-dealkylation sites (N-methyl/N-ethyl adjacent to an activating group) is 1. The highest BCUT2D eigenvalue weighted by Gasteiger charge is 2.13. The van der Waals surface area contributed by atoms with Crippen molar-refractivity contribution in [1.29, 1.82) is 5.26 Å². The van der Waals surface area contributed by atoms with E-state index in [-0.39, 0.29) is 18.0 Å². The molecule has 0 bridgehead atoms. The average Bonchev–Trinajstić information content (AvgIpc) is 2.57. The van der Waals surface area contributed by atoms with E-state index in [4.69, 9.17) is 10.00 Å². The van der Waals surface area contributed by atoms with E-state index in [0.29, 0.717) is 12.3 Å². The lowest BCUT2D eigenvalue weighted by atomic mass is 10.1. The van der Waals surface area contributed by atoms with E-state index < -0.39 is 5.56 Å². The molecule has 0 aliphatic rings. The molecule has 0 spiro atoms. The van der Waals surface area contributed by atoms with Gasteiger partial charge in [0, 0.05) is 7.05 Å². The fraction of sp³-hybridized carbons (Fsp3) is 0.235. The molecule has 0 aliphatic heterocycles. The van der Waals surface area contributed by atoms with Crippen LogP contribution in [0.1, 0.15) is 12.5 Å². The predicted octanol–water partition coefficient (Wildman–Crippen LogP) is 1.53. The van der Waals surface area contributed by atoms with E-state index in [1.165, 1.54) is 17.7 Å². The van der Waals surface area contributed by atoms with Crippen molar-refractivity contribution in [3.05, 3.63) is 52.3 Å². The number of amides is 1. The number of carbonyl (C=O) groups is 1. The highest BCUT2D eigenvalue weighted by atomic mass is 16.5. The molecule has 1 aromatic heterocycles. The van der Waals surface area contributed by atoms with Gasteiger partial charge >= 0.3 is 0 Å². The van der Waals surface area contributed by atoms with Crippen molar-refractivity contribution in [2.75, 3.05) is 13.7 Å². The average molecular weight is 311 g/mol. The number of benzene rings is 1. The first kappa shape index (κ1) is 16.3. The molecule has 1 amide bonds. The normalized spacial score (nSPS) is 9.96. The van der Waals surface area contributed by atoms with Crippen LogP contribution < -0.4 is 15.6 Å². The lowest BCUT2D eigenvalue weighted by Crippen LogP contribution is -2.32. The number of pyridine rings is 1. The molecule has 2 aromatic rings. The van der Waals surface area contributed by atoms with Gasteiger partial charge in [0.2, 0.25) is 5.91 Å². The zero-order valence-corrected chi connectivity index (χ0v) is 13.0. The van der Waals surface area contributed by atoms with Gasteiger partial charge in [-0.2, -0.15) is 5.26 Å². The number of aromatic nitrogens is 1. The number of ether oxygens (including phenoxy) is 1. The van der Waals surface area contributed by atoms with Gasteiger partial charge in [0.1, 0.15) is 23.9 Å². The minimum absolute atomic E-state index is 0.00332. The molecule has 0 saturated heterocycles. The summed E-state index contributed by atoms with van der Waals surface area (Å²) < 4.78 is 6.69. The Morgan fingerprint density at radius 3 is 2.52 bits per heavy atom. The number of nitriles is 1. The molecule has 6 heteroatoms. The summed E-state index contributed by atoms with van der Waals surface area (Å²) in [5.41, 5.74) is 0.852. The minimum Gasteiger partial charge on any atom is -0.494 e. The van der Waals surface area contributed by atoms with Crippen LogP contribution in [-0.4, -0.2) is 24.1 Å². The summed E-state index contributed by atoms with van der Waals surface area (Å²) in [5.74, 6) is 0.416. The summed E-state index contributed by atoms with van der Waals surface area (Å²) in [6, 6.07) is 12.2. The molecule has 6 nitrogen and oxygen atoms in total. The summed E-state index contributed by atoms with van der Waals surface area (Å²) in [7, 11) is 1.50. The van der Waals surface area contributed by atoms with E-state index in [1.54, 1.807) is 18.2 Å². The molecule has 0 radical (unpaired) electrons. The number of nitrogens with zero attached hydrogens (tertiary/aromatic N) is 2. The zero-order valence-electron chi connectivity index (χ0n) is 13.0. The second-order valence-electron chi connectivity index (χ2n) is 4.77. The molecule has 1 aromatic carbocycles. The Bertz CT molecular complexity index is 801. The Labute approximate surface area is 133 Å². The lowest BCUT2D eigenvalue weighted by molar-refractivity contribution is -0.121. The molecule has 118 valence electrons. The monoisotopic (exact) mass is 311 g/mol. The molecule has 0 unspecified atom stereocenters. The summed E-state index contributed by atoms with van der Waals surface area (Å²) in [4.78, 5) is 24.0. The Hall–Kier alpha value is -3.07. The maximum Gasteiger partial charge on any atom is 0.269 e. The molecule has 0 aliphatic carbocycles. The molecular weight excluding hydrogens is 294 g/mol. The van der Waals surface area contributed by atoms with E-state index in [2.05, 4.69) is 5.32 Å². The van der Waals surface area contributed by atoms with Crippen LogP contribution in [0.15, 0.2) is 41.2 Å². The van der Waals surface area contributed by atoms with Crippen LogP contribution in [0.25, 0.3) is 11.3 Å². The van der Waals surface area contributed by atoms with Crippen LogP contribution in [0.4, 0.5) is 0 Å². The molecule has 0 saturated carbocycles. The fourth-order valence-electron chi connectivity index (χ4n) is 2.18. The summed E-state index contributed by atoms with van der Waals surface area (Å²) >= 11 is 0. The van der Waals surface area contributed by atoms with Crippen molar-refractivity contribution in [1.82, 2.24) is 9.88 Å². The van der Waals surface area contributed by atoms with Crippen LogP contribution in [0.3, 0.4) is 0 Å². The third-order valence-corrected chi connectivity index (χ3v) is 3.34. The van der Waals surface area contributed by atoms with Crippen molar-refractivity contribution >= 4 is 5.91 Å². The van der Waals surface area contributed by atoms with Gasteiger partial charge in [-0.25, -0.2) is 0 Å². The maximum absolute atomic E-state index is 12.4. The molecule has 23 heavy (non-hydrogen) atoms. The quantitative estimate of drug-likeness (QED) is 0.907. The SMILES string of the molecule is CCOc1ccc(-c2ccc(C#N)c(=O)n2CC(=O)NC)cc1. The molecule has 2 rings (SSSR count). The van der Waals surface area contributed by atoms with Gasteiger partial charge in [-0.3, -0.25) is 14.2 Å². The molecule has 0 fully saturated rings. The third kappa shape index (κ3) is 3.58. The first-order valence-electron chi connectivity index (χ1n) is 7.18. The van der Waals surface area contributed by atoms with Crippen LogP contribution in [0, 0.1) is 11.3 Å². The number of rotatable bonds is 5. The van der Waals surface area contributed by atoms with Gasteiger partial charge in [-0.1, -0.05) is 0 Å². The first-order valence-corrected chi connectivity index (χ1v) is 7.18. The van der Waals surface area contributed by atoms with Gasteiger partial charge in [0.15, 0.2) is 0 Å². The van der Waals surface area contributed by atoms with Gasteiger partial charge in [-0.05, 0) is 48.9 Å².